The molecule has 1 aromatic carbocycles. The number of carbonyl (C=O) groups excluding carboxylic acids is 3. The zero-order valence-corrected chi connectivity index (χ0v) is 20.3. The monoisotopic (exact) mass is 476 g/mol. The molecule has 3 amide bonds. The number of nitrogens with zero attached hydrogens (tertiary/aromatic N) is 4. The number of amides is 3. The fraction of sp³-hybridized carbons (Fsp3) is 0.346. The van der Waals surface area contributed by atoms with Gasteiger partial charge in [0.05, 0.1) is 12.1 Å². The number of carbonyl (C=O) groups is 3. The van der Waals surface area contributed by atoms with Crippen LogP contribution in [-0.2, 0) is 27.2 Å². The maximum Gasteiger partial charge on any atom is 0.253 e. The van der Waals surface area contributed by atoms with Gasteiger partial charge in [-0.3, -0.25) is 30.1 Å². The van der Waals surface area contributed by atoms with Gasteiger partial charge in [-0.2, -0.15) is 9.89 Å². The molecule has 9 heteroatoms. The first-order valence-corrected chi connectivity index (χ1v) is 11.6. The Morgan fingerprint density at radius 2 is 1.77 bits per heavy atom. The molecule has 9 nitrogen and oxygen atoms in total. The smallest absolute Gasteiger partial charge is 0.253 e. The second-order valence-electron chi connectivity index (χ2n) is 8.98. The third-order valence-electron chi connectivity index (χ3n) is 5.67. The first-order valence-electron chi connectivity index (χ1n) is 11.6. The molecule has 2 N–H and O–H groups in total. The van der Waals surface area contributed by atoms with Crippen molar-refractivity contribution in [3.63, 3.8) is 0 Å². The molecular formula is C26H32N6O3. The minimum atomic E-state index is -1.11. The topological polar surface area (TPSA) is 109 Å². The van der Waals surface area contributed by atoms with Gasteiger partial charge in [-0.25, -0.2) is 0 Å². The number of benzene rings is 1. The maximum atomic E-state index is 13.2. The summed E-state index contributed by atoms with van der Waals surface area (Å²) < 4.78 is 0. The quantitative estimate of drug-likeness (QED) is 0.439. The summed E-state index contributed by atoms with van der Waals surface area (Å²) in [6, 6.07) is 16.8. The number of pyridine rings is 1. The van der Waals surface area contributed by atoms with Crippen LogP contribution in [0.4, 0.5) is 0 Å². The Balaban J connectivity index is 1.65. The minimum absolute atomic E-state index is 0.0141. The summed E-state index contributed by atoms with van der Waals surface area (Å²) in [6.07, 6.45) is 5.90. The highest BCUT2D eigenvalue weighted by Crippen LogP contribution is 2.16. The highest BCUT2D eigenvalue weighted by atomic mass is 16.2. The number of nitrogens with one attached hydrogen (secondary N) is 2. The predicted octanol–water partition coefficient (Wildman–Crippen LogP) is 2.19. The van der Waals surface area contributed by atoms with Gasteiger partial charge < -0.3 is 4.90 Å². The third-order valence-corrected chi connectivity index (χ3v) is 5.67. The molecular weight excluding hydrogens is 444 g/mol. The van der Waals surface area contributed by atoms with Gasteiger partial charge in [0.1, 0.15) is 5.54 Å². The Morgan fingerprint density at radius 3 is 2.43 bits per heavy atom. The van der Waals surface area contributed by atoms with Crippen LogP contribution in [0.2, 0.25) is 0 Å². The van der Waals surface area contributed by atoms with Crippen LogP contribution in [0.3, 0.4) is 0 Å². The van der Waals surface area contributed by atoms with Crippen LogP contribution in [0.5, 0.6) is 0 Å². The number of hydrogen-bond donors (Lipinski definition) is 2. The lowest BCUT2D eigenvalue weighted by Gasteiger charge is -2.27. The van der Waals surface area contributed by atoms with Crippen molar-refractivity contribution in [2.45, 2.75) is 38.6 Å². The van der Waals surface area contributed by atoms with Crippen molar-refractivity contribution < 1.29 is 14.4 Å². The van der Waals surface area contributed by atoms with Gasteiger partial charge in [0.2, 0.25) is 11.8 Å². The highest BCUT2D eigenvalue weighted by Gasteiger charge is 2.32. The lowest BCUT2D eigenvalue weighted by molar-refractivity contribution is -0.139. The molecule has 35 heavy (non-hydrogen) atoms. The molecule has 2 heterocycles. The maximum absolute atomic E-state index is 13.2. The second-order valence-corrected chi connectivity index (χ2v) is 8.98. The van der Waals surface area contributed by atoms with E-state index in [-0.39, 0.29) is 12.3 Å². The van der Waals surface area contributed by atoms with Crippen molar-refractivity contribution in [2.75, 3.05) is 19.0 Å². The standard InChI is InChI=1S/C26H32N6O3/c1-26(2,30-32-16-9-15-28-32)25(35)29-24(34)21(18-20-10-5-4-6-11-20)19-23(33)31(3)17-13-22-12-7-8-14-27-22/h4-12,14-16,21,30H,13,17-19H2,1-3H3,(H,29,34,35). The molecule has 0 radical (unpaired) electrons. The molecule has 0 saturated heterocycles. The average Bonchev–Trinajstić information content (AvgIpc) is 3.35. The van der Waals surface area contributed by atoms with Crippen LogP contribution in [0.15, 0.2) is 73.2 Å². The van der Waals surface area contributed by atoms with E-state index in [0.717, 1.165) is 11.3 Å². The molecule has 0 spiro atoms. The van der Waals surface area contributed by atoms with Gasteiger partial charge in [-0.05, 0) is 44.0 Å². The molecule has 0 aliphatic carbocycles. The largest absolute Gasteiger partial charge is 0.345 e. The summed E-state index contributed by atoms with van der Waals surface area (Å²) in [6.45, 7) is 3.79. The van der Waals surface area contributed by atoms with Crippen LogP contribution in [-0.4, -0.2) is 56.6 Å². The molecule has 3 aromatic rings. The van der Waals surface area contributed by atoms with Crippen LogP contribution >= 0.6 is 0 Å². The van der Waals surface area contributed by atoms with Crippen molar-refractivity contribution in [3.05, 3.63) is 84.4 Å². The first-order chi connectivity index (χ1) is 16.7. The number of rotatable bonds is 11. The van der Waals surface area contributed by atoms with Gasteiger partial charge in [0.25, 0.3) is 5.91 Å². The molecule has 0 saturated carbocycles. The molecule has 0 aliphatic heterocycles. The zero-order valence-electron chi connectivity index (χ0n) is 20.3. The second kappa shape index (κ2) is 11.9. The first kappa shape index (κ1) is 25.6. The van der Waals surface area contributed by atoms with E-state index in [1.165, 1.54) is 4.79 Å². The van der Waals surface area contributed by atoms with E-state index >= 15 is 0 Å². The summed E-state index contributed by atoms with van der Waals surface area (Å²) >= 11 is 0. The van der Waals surface area contributed by atoms with E-state index in [1.807, 2.05) is 48.5 Å². The van der Waals surface area contributed by atoms with E-state index in [9.17, 15) is 14.4 Å². The molecule has 184 valence electrons. The van der Waals surface area contributed by atoms with Gasteiger partial charge in [-0.15, -0.1) is 0 Å². The van der Waals surface area contributed by atoms with E-state index in [2.05, 4.69) is 20.8 Å². The Morgan fingerprint density at radius 1 is 1.03 bits per heavy atom. The summed E-state index contributed by atoms with van der Waals surface area (Å²) in [4.78, 5) is 46.4. The van der Waals surface area contributed by atoms with Gasteiger partial charge in [-0.1, -0.05) is 36.4 Å². The lowest BCUT2D eigenvalue weighted by Crippen LogP contribution is -2.54. The Bertz CT molecular complexity index is 1100. The predicted molar refractivity (Wildman–Crippen MR) is 133 cm³/mol. The third kappa shape index (κ3) is 7.77. The summed E-state index contributed by atoms with van der Waals surface area (Å²) in [7, 11) is 1.71. The molecule has 0 fully saturated rings. The fourth-order valence-corrected chi connectivity index (χ4v) is 3.52. The molecule has 0 bridgehead atoms. The number of hydrogen-bond acceptors (Lipinski definition) is 6. The van der Waals surface area contributed by atoms with E-state index in [1.54, 1.807) is 50.5 Å². The van der Waals surface area contributed by atoms with E-state index in [0.29, 0.717) is 19.4 Å². The van der Waals surface area contributed by atoms with E-state index < -0.39 is 23.3 Å². The zero-order chi connectivity index (χ0) is 25.3. The van der Waals surface area contributed by atoms with Crippen LogP contribution < -0.4 is 10.7 Å². The lowest BCUT2D eigenvalue weighted by atomic mass is 9.94. The van der Waals surface area contributed by atoms with Crippen molar-refractivity contribution in [3.8, 4) is 0 Å². The van der Waals surface area contributed by atoms with Crippen LogP contribution in [0.25, 0.3) is 0 Å². The van der Waals surface area contributed by atoms with Crippen molar-refractivity contribution in [1.82, 2.24) is 25.1 Å². The summed E-state index contributed by atoms with van der Waals surface area (Å²) in [5.74, 6) is -1.86. The Labute approximate surface area is 205 Å². The normalized spacial score (nSPS) is 12.0. The van der Waals surface area contributed by atoms with Crippen LogP contribution in [0, 0.1) is 5.92 Å². The Kier molecular flexibility index (Phi) is 8.72. The molecule has 2 aromatic heterocycles. The van der Waals surface area contributed by atoms with Gasteiger partial charge in [0, 0.05) is 44.5 Å². The molecule has 0 aliphatic rings. The van der Waals surface area contributed by atoms with Gasteiger partial charge in [0.15, 0.2) is 0 Å². The van der Waals surface area contributed by atoms with Crippen molar-refractivity contribution in [1.29, 1.82) is 0 Å². The minimum Gasteiger partial charge on any atom is -0.345 e. The van der Waals surface area contributed by atoms with Crippen molar-refractivity contribution in [2.24, 2.45) is 5.92 Å². The SMILES string of the molecule is CN(CCc1ccccn1)C(=O)CC(Cc1ccccc1)C(=O)NC(=O)C(C)(C)Nn1cccn1. The highest BCUT2D eigenvalue weighted by molar-refractivity contribution is 6.02. The number of imide groups is 1. The molecule has 3 rings (SSSR count). The molecule has 1 unspecified atom stereocenters. The van der Waals surface area contributed by atoms with Crippen molar-refractivity contribution >= 4 is 17.7 Å². The summed E-state index contributed by atoms with van der Waals surface area (Å²) in [5, 5.41) is 6.53. The Hall–Kier alpha value is -4.01. The van der Waals surface area contributed by atoms with Crippen LogP contribution in [0.1, 0.15) is 31.5 Å². The van der Waals surface area contributed by atoms with Gasteiger partial charge >= 0.3 is 0 Å². The molecule has 1 atom stereocenters. The number of aromatic nitrogens is 3. The average molecular weight is 477 g/mol. The van der Waals surface area contributed by atoms with E-state index in [4.69, 9.17) is 0 Å². The fourth-order valence-electron chi connectivity index (χ4n) is 3.52. The number of likely N-dealkylation sites (N-methyl/N-ethyl adjacent to an activating group) is 1. The summed E-state index contributed by atoms with van der Waals surface area (Å²) in [5.41, 5.74) is 3.64.